The molecule has 0 N–H and O–H groups in total. The van der Waals surface area contributed by atoms with Crippen molar-refractivity contribution in [1.82, 2.24) is 9.13 Å². The topological polar surface area (TPSA) is 16.3 Å². The lowest BCUT2D eigenvalue weighted by Crippen LogP contribution is -2.09. The molecule has 0 saturated heterocycles. The fraction of sp³-hybridized carbons (Fsp3) is 0. The van der Waals surface area contributed by atoms with Crippen LogP contribution in [0.5, 0.6) is 0 Å². The Morgan fingerprint density at radius 1 is 0.170 bits per heavy atom. The van der Waals surface area contributed by atoms with Gasteiger partial charge in [-0.15, -0.1) is 0 Å². The van der Waals surface area contributed by atoms with Gasteiger partial charge in [0.05, 0.1) is 22.1 Å². The second-order valence-electron chi connectivity index (χ2n) is 26.0. The molecule has 2 aromatic heterocycles. The van der Waals surface area contributed by atoms with Gasteiger partial charge < -0.3 is 18.9 Å². The minimum absolute atomic E-state index is 1.07. The van der Waals surface area contributed by atoms with Crippen molar-refractivity contribution in [2.75, 3.05) is 9.80 Å². The predicted octanol–water partition coefficient (Wildman–Crippen LogP) is 26.6. The summed E-state index contributed by atoms with van der Waals surface area (Å²) in [6.07, 6.45) is 0. The third kappa shape index (κ3) is 10.00. The molecule has 19 rings (SSSR count). The van der Waals surface area contributed by atoms with Crippen molar-refractivity contribution in [3.05, 3.63) is 388 Å². The molecule has 0 aliphatic heterocycles. The van der Waals surface area contributed by atoms with E-state index in [0.29, 0.717) is 0 Å². The number of nitrogens with zero attached hydrogens (tertiary/aromatic N) is 4. The maximum Gasteiger partial charge on any atom is 0.0542 e. The van der Waals surface area contributed by atoms with E-state index in [9.17, 15) is 0 Å². The third-order valence-corrected chi connectivity index (χ3v) is 20.3. The van der Waals surface area contributed by atoms with Gasteiger partial charge >= 0.3 is 0 Å². The van der Waals surface area contributed by atoms with E-state index < -0.39 is 0 Å². The summed E-state index contributed by atoms with van der Waals surface area (Å²) < 4.78 is 4.82. The Bertz CT molecular complexity index is 6220. The molecule has 0 saturated carbocycles. The summed E-state index contributed by atoms with van der Waals surface area (Å²) in [5, 5.41) is 12.1. The van der Waals surface area contributed by atoms with E-state index in [0.717, 1.165) is 73.2 Å². The number of hydrogen-bond acceptors (Lipinski definition) is 2. The van der Waals surface area contributed by atoms with E-state index in [1.165, 1.54) is 104 Å². The number of anilines is 6. The Kier molecular flexibility index (Phi) is 14.2. The molecule has 468 valence electrons. The Hall–Kier alpha value is -13.3. The zero-order chi connectivity index (χ0) is 66.0. The molecule has 100 heavy (non-hydrogen) atoms. The van der Waals surface area contributed by atoms with Gasteiger partial charge in [-0.05, 0) is 221 Å². The quantitative estimate of drug-likeness (QED) is 0.107. The summed E-state index contributed by atoms with van der Waals surface area (Å²) in [4.78, 5) is 4.80. The van der Waals surface area contributed by atoms with Gasteiger partial charge in [-0.1, -0.05) is 255 Å². The molecular formula is C96H64N4. The van der Waals surface area contributed by atoms with E-state index in [-0.39, 0.29) is 0 Å². The smallest absolute Gasteiger partial charge is 0.0542 e. The maximum atomic E-state index is 2.41. The normalized spacial score (nSPS) is 11.6. The highest BCUT2D eigenvalue weighted by atomic mass is 15.1. The van der Waals surface area contributed by atoms with Crippen molar-refractivity contribution in [3.8, 4) is 67.0 Å². The molecule has 0 aliphatic carbocycles. The van der Waals surface area contributed by atoms with Crippen LogP contribution < -0.4 is 9.80 Å². The van der Waals surface area contributed by atoms with Gasteiger partial charge in [-0.25, -0.2) is 0 Å². The summed E-state index contributed by atoms with van der Waals surface area (Å²) in [7, 11) is 0. The Morgan fingerprint density at radius 2 is 0.470 bits per heavy atom. The Labute approximate surface area is 580 Å². The maximum absolute atomic E-state index is 2.41. The van der Waals surface area contributed by atoms with Crippen molar-refractivity contribution in [2.45, 2.75) is 0 Å². The van der Waals surface area contributed by atoms with Gasteiger partial charge in [0.2, 0.25) is 0 Å². The van der Waals surface area contributed by atoms with Gasteiger partial charge in [-0.2, -0.15) is 0 Å². The lowest BCUT2D eigenvalue weighted by atomic mass is 9.86. The van der Waals surface area contributed by atoms with Crippen LogP contribution in [-0.2, 0) is 0 Å². The highest BCUT2D eigenvalue weighted by Gasteiger charge is 2.23. The zero-order valence-electron chi connectivity index (χ0n) is 54.7. The van der Waals surface area contributed by atoms with Crippen LogP contribution in [0.25, 0.3) is 143 Å². The van der Waals surface area contributed by atoms with Crippen LogP contribution in [0.3, 0.4) is 0 Å². The minimum Gasteiger partial charge on any atom is -0.310 e. The molecule has 0 radical (unpaired) electrons. The number of rotatable bonds is 13. The van der Waals surface area contributed by atoms with Gasteiger partial charge in [0, 0.05) is 67.0 Å². The standard InChI is InChI=1S/C96H64N4/c1-6-23-65(24-7-1)66-41-43-67(44-42-66)71-49-57-91-87(61-71)89-63-79(55-59-93(89)99(91)75-31-12-4-13-32-75)97(73-27-8-2-9-28-73)77-51-45-69(46-52-77)95-83-36-18-20-38-85(83)96(86-39-21-19-37-84(86)95)70-47-53-78(54-48-70)98(74-29-10-3-11-30-74)80-56-60-94-90(64-80)88-62-72(82-40-22-26-68-25-16-17-35-81(68)82)50-58-92(88)100(94)76-33-14-5-15-34-76/h1-64H. The van der Waals surface area contributed by atoms with Gasteiger partial charge in [0.15, 0.2) is 0 Å². The van der Waals surface area contributed by atoms with E-state index in [1.54, 1.807) is 0 Å². The van der Waals surface area contributed by atoms with Crippen LogP contribution in [0.1, 0.15) is 0 Å². The highest BCUT2D eigenvalue weighted by Crippen LogP contribution is 2.48. The molecule has 17 aromatic carbocycles. The first-order valence-corrected chi connectivity index (χ1v) is 34.4. The molecule has 4 nitrogen and oxygen atoms in total. The first kappa shape index (κ1) is 58.1. The predicted molar refractivity (Wildman–Crippen MR) is 424 cm³/mol. The number of aromatic nitrogens is 2. The first-order valence-electron chi connectivity index (χ1n) is 34.4. The van der Waals surface area contributed by atoms with E-state index in [1.807, 2.05) is 0 Å². The fourth-order valence-corrected chi connectivity index (χ4v) is 15.7. The molecule has 0 aliphatic rings. The van der Waals surface area contributed by atoms with Crippen LogP contribution in [0.4, 0.5) is 34.1 Å². The van der Waals surface area contributed by atoms with Crippen molar-refractivity contribution in [3.63, 3.8) is 0 Å². The van der Waals surface area contributed by atoms with Crippen LogP contribution in [0.15, 0.2) is 388 Å². The number of benzene rings is 17. The largest absolute Gasteiger partial charge is 0.310 e. The second kappa shape index (κ2) is 24.4. The number of hydrogen-bond donors (Lipinski definition) is 0. The molecule has 0 bridgehead atoms. The summed E-state index contributed by atoms with van der Waals surface area (Å²) in [5.41, 5.74) is 25.3. The molecule has 0 atom stereocenters. The zero-order valence-corrected chi connectivity index (χ0v) is 54.7. The summed E-state index contributed by atoms with van der Waals surface area (Å²) in [6.45, 7) is 0. The van der Waals surface area contributed by atoms with E-state index in [4.69, 9.17) is 0 Å². The van der Waals surface area contributed by atoms with Crippen LogP contribution >= 0.6 is 0 Å². The molecule has 0 amide bonds. The number of fused-ring (bicyclic) bond motifs is 9. The lowest BCUT2D eigenvalue weighted by Gasteiger charge is -2.26. The van der Waals surface area contributed by atoms with Gasteiger partial charge in [0.1, 0.15) is 0 Å². The molecule has 0 spiro atoms. The minimum atomic E-state index is 1.07. The van der Waals surface area contributed by atoms with Crippen LogP contribution in [0, 0.1) is 0 Å². The van der Waals surface area contributed by atoms with Gasteiger partial charge in [0.25, 0.3) is 0 Å². The highest BCUT2D eigenvalue weighted by molar-refractivity contribution is 6.22. The van der Waals surface area contributed by atoms with Crippen molar-refractivity contribution >= 4 is 110 Å². The Morgan fingerprint density at radius 3 is 0.930 bits per heavy atom. The molecule has 0 fully saturated rings. The van der Waals surface area contributed by atoms with Crippen molar-refractivity contribution in [1.29, 1.82) is 0 Å². The van der Waals surface area contributed by atoms with Crippen molar-refractivity contribution in [2.24, 2.45) is 0 Å². The summed E-state index contributed by atoms with van der Waals surface area (Å²) in [6, 6.07) is 142. The molecular weight excluding hydrogens is 1210 g/mol. The molecule has 0 unspecified atom stereocenters. The van der Waals surface area contributed by atoms with Crippen LogP contribution in [-0.4, -0.2) is 9.13 Å². The third-order valence-electron chi connectivity index (χ3n) is 20.3. The van der Waals surface area contributed by atoms with Crippen LogP contribution in [0.2, 0.25) is 0 Å². The fourth-order valence-electron chi connectivity index (χ4n) is 15.7. The molecule has 2 heterocycles. The average Bonchev–Trinajstić information content (AvgIpc) is 1.64. The average molecular weight is 1270 g/mol. The second-order valence-corrected chi connectivity index (χ2v) is 26.0. The Balaban J connectivity index is 0.698. The van der Waals surface area contributed by atoms with Gasteiger partial charge in [-0.3, -0.25) is 0 Å². The van der Waals surface area contributed by atoms with E-state index >= 15 is 0 Å². The summed E-state index contributed by atoms with van der Waals surface area (Å²) >= 11 is 0. The SMILES string of the molecule is c1ccc(-c2ccc(-c3ccc4c(c3)c3cc(N(c5ccccc5)c5ccc(-c6c7ccccc7c(-c7ccc(N(c8ccccc8)c8ccc9c(c8)c8cc(-c%10cccc%11ccccc%10%11)ccc8n9-c8ccccc8)cc7)c7ccccc67)cc5)ccc3n4-c3ccccc3)cc2)cc1. The monoisotopic (exact) mass is 1270 g/mol. The molecule has 19 aromatic rings. The summed E-state index contributed by atoms with van der Waals surface area (Å²) in [5.74, 6) is 0. The van der Waals surface area contributed by atoms with Crippen molar-refractivity contribution < 1.29 is 0 Å². The lowest BCUT2D eigenvalue weighted by molar-refractivity contribution is 1.18. The number of para-hydroxylation sites is 4. The van der Waals surface area contributed by atoms with E-state index in [2.05, 4.69) is 407 Å². The molecule has 4 heteroatoms. The first-order chi connectivity index (χ1) is 49.6.